The molecule has 0 bridgehead atoms. The van der Waals surface area contributed by atoms with E-state index in [1.165, 1.54) is 38.9 Å². The van der Waals surface area contributed by atoms with Crippen molar-refractivity contribution >= 4 is 12.6 Å². The fraction of sp³-hybridized carbons (Fsp3) is 0.676. The molecule has 0 radical (unpaired) electrons. The van der Waals surface area contributed by atoms with Gasteiger partial charge >= 0.3 is 0 Å². The molecule has 0 amide bonds. The van der Waals surface area contributed by atoms with Gasteiger partial charge in [-0.05, 0) is 152 Å². The van der Waals surface area contributed by atoms with Crippen LogP contribution in [0, 0.1) is 27.7 Å². The highest BCUT2D eigenvalue weighted by atomic mass is 31.2. The molecule has 214 valence electrons. The highest BCUT2D eigenvalue weighted by molar-refractivity contribution is 7.87. The van der Waals surface area contributed by atoms with Crippen molar-refractivity contribution in [1.29, 1.82) is 0 Å². The quantitative estimate of drug-likeness (QED) is 0.333. The van der Waals surface area contributed by atoms with Crippen molar-refractivity contribution in [1.82, 2.24) is 0 Å². The Morgan fingerprint density at radius 3 is 1.11 bits per heavy atom. The molecule has 0 aliphatic carbocycles. The predicted molar refractivity (Wildman–Crippen MR) is 179 cm³/mol. The van der Waals surface area contributed by atoms with Crippen molar-refractivity contribution in [2.24, 2.45) is 0 Å². The van der Waals surface area contributed by atoms with Crippen molar-refractivity contribution in [3.63, 3.8) is 0 Å². The summed E-state index contributed by atoms with van der Waals surface area (Å²) in [6, 6.07) is 5.10. The van der Waals surface area contributed by atoms with E-state index >= 15 is 0 Å². The Balaban J connectivity index is 3.52. The molecule has 0 fully saturated rings. The molecule has 0 saturated heterocycles. The smallest absolute Gasteiger partial charge is 0.0587 e. The fourth-order valence-corrected chi connectivity index (χ4v) is 17.6. The van der Waals surface area contributed by atoms with E-state index < -0.39 is 7.26 Å². The van der Waals surface area contributed by atoms with Gasteiger partial charge in [-0.2, -0.15) is 0 Å². The third-order valence-corrected chi connectivity index (χ3v) is 16.7. The van der Waals surface area contributed by atoms with Gasteiger partial charge < -0.3 is 0 Å². The Labute approximate surface area is 239 Å². The van der Waals surface area contributed by atoms with E-state index in [-0.39, 0.29) is 15.5 Å². The maximum absolute atomic E-state index is 2.55. The predicted octanol–water partition coefficient (Wildman–Crippen LogP) is 12.0. The van der Waals surface area contributed by atoms with Crippen LogP contribution in [-0.2, 0) is 0 Å². The van der Waals surface area contributed by atoms with Crippen molar-refractivity contribution < 1.29 is 0 Å². The van der Waals surface area contributed by atoms with Crippen LogP contribution in [-0.4, -0.2) is 15.5 Å². The van der Waals surface area contributed by atoms with Crippen LogP contribution in [0.5, 0.6) is 0 Å². The second-order valence-corrected chi connectivity index (χ2v) is 21.8. The van der Waals surface area contributed by atoms with Gasteiger partial charge in [0.05, 0.1) is 22.7 Å². The Morgan fingerprint density at radius 2 is 0.816 bits per heavy atom. The summed E-state index contributed by atoms with van der Waals surface area (Å²) in [7, 11) is -1.85. The first kappa shape index (κ1) is 33.1. The lowest BCUT2D eigenvalue weighted by molar-refractivity contribution is 0.629. The SMILES string of the molecule is Cc1c(C)c(C)c([P+](C(C)(C)C)(C(C)(C)C)C(C)(C)C)c(-c2c(C(C)C)cc(C(C)C)cc2C(C)C)c1C. The summed E-state index contributed by atoms with van der Waals surface area (Å²) in [4.78, 5) is 0. The Hall–Kier alpha value is -1.13. The van der Waals surface area contributed by atoms with Crippen LogP contribution in [0.4, 0.5) is 0 Å². The molecule has 38 heavy (non-hydrogen) atoms. The minimum Gasteiger partial charge on any atom is -0.0587 e. The van der Waals surface area contributed by atoms with Crippen LogP contribution < -0.4 is 5.30 Å². The molecule has 0 aliphatic heterocycles. The number of rotatable bonds is 5. The first-order valence-corrected chi connectivity index (χ1v) is 16.9. The monoisotopic (exact) mass is 537 g/mol. The van der Waals surface area contributed by atoms with Crippen LogP contribution in [0.2, 0.25) is 0 Å². The van der Waals surface area contributed by atoms with Gasteiger partial charge in [-0.3, -0.25) is 0 Å². The molecule has 2 aromatic rings. The molecule has 0 saturated carbocycles. The molecular weight excluding hydrogens is 475 g/mol. The molecule has 0 nitrogen and oxygen atoms in total. The van der Waals surface area contributed by atoms with E-state index in [9.17, 15) is 0 Å². The van der Waals surface area contributed by atoms with E-state index in [2.05, 4.69) is 144 Å². The van der Waals surface area contributed by atoms with Gasteiger partial charge in [0.1, 0.15) is 5.30 Å². The van der Waals surface area contributed by atoms with Gasteiger partial charge in [-0.1, -0.05) is 53.7 Å². The maximum Gasteiger partial charge on any atom is 0.107 e. The molecule has 1 heteroatoms. The topological polar surface area (TPSA) is 0 Å². The minimum absolute atomic E-state index is 0.144. The first-order chi connectivity index (χ1) is 16.9. The van der Waals surface area contributed by atoms with E-state index in [0.29, 0.717) is 17.8 Å². The summed E-state index contributed by atoms with van der Waals surface area (Å²) < 4.78 is 0. The molecule has 2 aromatic carbocycles. The summed E-state index contributed by atoms with van der Waals surface area (Å²) in [6.07, 6.45) is 0. The van der Waals surface area contributed by atoms with E-state index in [1.54, 1.807) is 16.4 Å². The van der Waals surface area contributed by atoms with Crippen LogP contribution >= 0.6 is 7.26 Å². The van der Waals surface area contributed by atoms with E-state index in [4.69, 9.17) is 0 Å². The summed E-state index contributed by atoms with van der Waals surface area (Å²) >= 11 is 0. The minimum atomic E-state index is -1.85. The van der Waals surface area contributed by atoms with E-state index in [1.807, 2.05) is 0 Å². The third kappa shape index (κ3) is 5.18. The summed E-state index contributed by atoms with van der Waals surface area (Å²) in [5, 5.41) is 2.13. The van der Waals surface area contributed by atoms with E-state index in [0.717, 1.165) is 0 Å². The zero-order valence-corrected chi connectivity index (χ0v) is 29.7. The van der Waals surface area contributed by atoms with Crippen LogP contribution in [0.1, 0.15) is 161 Å². The van der Waals surface area contributed by atoms with Gasteiger partial charge in [0, 0.05) is 5.56 Å². The molecule has 2 rings (SSSR count). The lowest BCUT2D eigenvalue weighted by Crippen LogP contribution is -2.50. The van der Waals surface area contributed by atoms with Gasteiger partial charge in [0.2, 0.25) is 0 Å². The lowest BCUT2D eigenvalue weighted by Gasteiger charge is -2.55. The highest BCUT2D eigenvalue weighted by Crippen LogP contribution is 2.83. The number of hydrogen-bond acceptors (Lipinski definition) is 0. The second-order valence-electron chi connectivity index (χ2n) is 15.9. The van der Waals surface area contributed by atoms with Crippen LogP contribution in [0.25, 0.3) is 11.1 Å². The van der Waals surface area contributed by atoms with Crippen molar-refractivity contribution in [2.45, 2.75) is 165 Å². The van der Waals surface area contributed by atoms with Crippen molar-refractivity contribution in [2.75, 3.05) is 0 Å². The maximum atomic E-state index is 2.55. The zero-order chi connectivity index (χ0) is 29.9. The molecule has 0 spiro atoms. The standard InChI is InChI=1S/C37H62P/c1-22(2)29-20-30(23(3)4)33(31(21-29)24(5)6)32-27(9)25(7)26(8)28(10)34(32)38(35(11,12)13,36(14,15)16)37(17,18)19/h20-24H,1-19H3/q+1. The molecule has 0 aromatic heterocycles. The van der Waals surface area contributed by atoms with Gasteiger partial charge in [0.25, 0.3) is 0 Å². The summed E-state index contributed by atoms with van der Waals surface area (Å²) in [5.41, 5.74) is 13.6. The average Bonchev–Trinajstić information content (AvgIpc) is 2.72. The highest BCUT2D eigenvalue weighted by Gasteiger charge is 2.67. The third-order valence-electron chi connectivity index (χ3n) is 9.39. The van der Waals surface area contributed by atoms with Gasteiger partial charge in [-0.15, -0.1) is 0 Å². The Kier molecular flexibility index (Phi) is 9.31. The van der Waals surface area contributed by atoms with Crippen LogP contribution in [0.3, 0.4) is 0 Å². The summed E-state index contributed by atoms with van der Waals surface area (Å²) in [5.74, 6) is 1.44. The van der Waals surface area contributed by atoms with Gasteiger partial charge in [-0.25, -0.2) is 0 Å². The largest absolute Gasteiger partial charge is 0.107 e. The molecule has 0 heterocycles. The van der Waals surface area contributed by atoms with Gasteiger partial charge in [0.15, 0.2) is 0 Å². The molecule has 0 aliphatic rings. The second kappa shape index (κ2) is 10.7. The fourth-order valence-electron chi connectivity index (χ4n) is 8.29. The normalized spacial score (nSPS) is 13.8. The number of benzene rings is 2. The Morgan fingerprint density at radius 1 is 0.474 bits per heavy atom. The lowest BCUT2D eigenvalue weighted by atomic mass is 9.79. The average molecular weight is 538 g/mol. The summed E-state index contributed by atoms with van der Waals surface area (Å²) in [6.45, 7) is 46.8. The molecule has 0 atom stereocenters. The van der Waals surface area contributed by atoms with Crippen molar-refractivity contribution in [3.05, 3.63) is 51.1 Å². The number of hydrogen-bond donors (Lipinski definition) is 0. The Bertz CT molecular complexity index is 1100. The molecular formula is C37H62P+. The molecule has 0 N–H and O–H groups in total. The molecule has 0 unspecified atom stereocenters. The van der Waals surface area contributed by atoms with Crippen molar-refractivity contribution in [3.8, 4) is 11.1 Å². The van der Waals surface area contributed by atoms with Crippen LogP contribution in [0.15, 0.2) is 12.1 Å². The first-order valence-electron chi connectivity index (χ1n) is 15.1. The zero-order valence-electron chi connectivity index (χ0n) is 28.8.